The van der Waals surface area contributed by atoms with Gasteiger partial charge in [0.05, 0.1) is 27.5 Å². The molecule has 1 aromatic carbocycles. The molecule has 0 radical (unpaired) electrons. The van der Waals surface area contributed by atoms with Crippen molar-refractivity contribution in [3.63, 3.8) is 0 Å². The number of hydrogen-bond donors (Lipinski definition) is 0. The molecule has 2 rings (SSSR count). The molecule has 0 fully saturated rings. The molecule has 11 heteroatoms. The van der Waals surface area contributed by atoms with Crippen molar-refractivity contribution in [2.24, 2.45) is 12.2 Å². The fraction of sp³-hybridized carbons (Fsp3) is 0.312. The summed E-state index contributed by atoms with van der Waals surface area (Å²) in [5.41, 5.74) is -1.69. The predicted octanol–water partition coefficient (Wildman–Crippen LogP) is 2.66. The van der Waals surface area contributed by atoms with E-state index in [0.717, 1.165) is 17.1 Å². The van der Waals surface area contributed by atoms with Crippen LogP contribution in [0.25, 0.3) is 0 Å². The van der Waals surface area contributed by atoms with Crippen molar-refractivity contribution in [3.8, 4) is 17.2 Å². The maximum Gasteiger partial charge on any atom is 0.436 e. The van der Waals surface area contributed by atoms with E-state index in [1.807, 2.05) is 0 Å². The molecule has 0 aliphatic rings. The molecule has 0 atom stereocenters. The van der Waals surface area contributed by atoms with Crippen LogP contribution in [0.3, 0.4) is 0 Å². The number of carbonyl (C=O) groups is 1. The highest BCUT2D eigenvalue weighted by Gasteiger charge is 2.39. The van der Waals surface area contributed by atoms with Crippen molar-refractivity contribution in [3.05, 3.63) is 35.2 Å². The van der Waals surface area contributed by atoms with Crippen molar-refractivity contribution in [1.29, 1.82) is 0 Å². The number of methoxy groups -OCH3 is 3. The number of aryl methyl sites for hydroxylation is 1. The summed E-state index contributed by atoms with van der Waals surface area (Å²) >= 11 is 0. The molecule has 0 aliphatic carbocycles. The van der Waals surface area contributed by atoms with Crippen molar-refractivity contribution in [2.75, 3.05) is 21.3 Å². The SMILES string of the molecule is COc1cc(/C=N/OC(=O)c2cn(C)nc2C(F)(F)F)cc(OC)c1OC. The average molecular weight is 387 g/mol. The van der Waals surface area contributed by atoms with Gasteiger partial charge in [0.2, 0.25) is 5.75 Å². The Bertz CT molecular complexity index is 836. The Morgan fingerprint density at radius 2 is 1.74 bits per heavy atom. The van der Waals surface area contributed by atoms with Gasteiger partial charge in [-0.1, -0.05) is 5.16 Å². The van der Waals surface area contributed by atoms with Crippen molar-refractivity contribution >= 4 is 12.2 Å². The van der Waals surface area contributed by atoms with E-state index in [1.54, 1.807) is 0 Å². The van der Waals surface area contributed by atoms with Crippen LogP contribution >= 0.6 is 0 Å². The summed E-state index contributed by atoms with van der Waals surface area (Å²) < 4.78 is 55.0. The third-order valence-corrected chi connectivity index (χ3v) is 3.34. The van der Waals surface area contributed by atoms with Crippen LogP contribution in [-0.2, 0) is 18.1 Å². The molecule has 2 aromatic rings. The molecule has 0 saturated heterocycles. The van der Waals surface area contributed by atoms with Gasteiger partial charge in [0.15, 0.2) is 17.2 Å². The molecular weight excluding hydrogens is 371 g/mol. The summed E-state index contributed by atoms with van der Waals surface area (Å²) in [6, 6.07) is 3.04. The van der Waals surface area contributed by atoms with E-state index >= 15 is 0 Å². The molecule has 0 N–H and O–H groups in total. The van der Waals surface area contributed by atoms with Crippen LogP contribution < -0.4 is 14.2 Å². The summed E-state index contributed by atoms with van der Waals surface area (Å²) in [6.07, 6.45) is -2.78. The number of halogens is 3. The van der Waals surface area contributed by atoms with Gasteiger partial charge in [-0.2, -0.15) is 18.3 Å². The van der Waals surface area contributed by atoms with Gasteiger partial charge in [-0.05, 0) is 12.1 Å². The maximum atomic E-state index is 12.9. The van der Waals surface area contributed by atoms with Gasteiger partial charge in [0.25, 0.3) is 0 Å². The monoisotopic (exact) mass is 387 g/mol. The van der Waals surface area contributed by atoms with E-state index in [0.29, 0.717) is 22.8 Å². The highest BCUT2D eigenvalue weighted by molar-refractivity contribution is 5.91. The van der Waals surface area contributed by atoms with Crippen molar-refractivity contribution in [1.82, 2.24) is 9.78 Å². The fourth-order valence-corrected chi connectivity index (χ4v) is 2.21. The van der Waals surface area contributed by atoms with E-state index < -0.39 is 23.4 Å². The van der Waals surface area contributed by atoms with Crippen LogP contribution in [0.4, 0.5) is 13.2 Å². The van der Waals surface area contributed by atoms with Crippen LogP contribution in [0.1, 0.15) is 21.6 Å². The van der Waals surface area contributed by atoms with Gasteiger partial charge >= 0.3 is 12.1 Å². The van der Waals surface area contributed by atoms with E-state index in [1.165, 1.54) is 40.5 Å². The molecule has 27 heavy (non-hydrogen) atoms. The van der Waals surface area contributed by atoms with Crippen LogP contribution in [0.5, 0.6) is 17.2 Å². The van der Waals surface area contributed by atoms with Gasteiger partial charge < -0.3 is 19.0 Å². The topological polar surface area (TPSA) is 84.2 Å². The summed E-state index contributed by atoms with van der Waals surface area (Å²) in [4.78, 5) is 16.5. The number of nitrogens with zero attached hydrogens (tertiary/aromatic N) is 3. The second-order valence-electron chi connectivity index (χ2n) is 5.13. The molecule has 0 amide bonds. The number of carbonyl (C=O) groups excluding carboxylic acids is 1. The van der Waals surface area contributed by atoms with Crippen LogP contribution in [0.2, 0.25) is 0 Å². The minimum absolute atomic E-state index is 0.330. The molecule has 1 aromatic heterocycles. The number of benzene rings is 1. The zero-order valence-corrected chi connectivity index (χ0v) is 14.8. The summed E-state index contributed by atoms with van der Waals surface area (Å²) in [6.45, 7) is 0. The van der Waals surface area contributed by atoms with Crippen LogP contribution in [0, 0.1) is 0 Å². The molecule has 0 saturated carbocycles. The Kier molecular flexibility index (Phi) is 5.93. The third-order valence-electron chi connectivity index (χ3n) is 3.34. The molecule has 1 heterocycles. The first kappa shape index (κ1) is 20.1. The van der Waals surface area contributed by atoms with E-state index in [9.17, 15) is 18.0 Å². The zero-order valence-electron chi connectivity index (χ0n) is 14.8. The lowest BCUT2D eigenvalue weighted by Gasteiger charge is -2.12. The molecule has 0 aliphatic heterocycles. The van der Waals surface area contributed by atoms with Crippen molar-refractivity contribution < 1.29 is 37.0 Å². The molecule has 8 nitrogen and oxygen atoms in total. The largest absolute Gasteiger partial charge is 0.493 e. The standard InChI is InChI=1S/C16H16F3N3O5/c1-22-8-10(14(21-22)16(17,18)19)15(23)27-20-7-9-5-11(24-2)13(26-4)12(6-9)25-3/h5-8H,1-4H3/b20-7+. The first-order valence-corrected chi connectivity index (χ1v) is 7.36. The first-order valence-electron chi connectivity index (χ1n) is 7.36. The van der Waals surface area contributed by atoms with Gasteiger partial charge in [-0.15, -0.1) is 0 Å². The van der Waals surface area contributed by atoms with Crippen LogP contribution in [-0.4, -0.2) is 43.3 Å². The Hall–Kier alpha value is -3.24. The number of ether oxygens (including phenoxy) is 3. The predicted molar refractivity (Wildman–Crippen MR) is 87.3 cm³/mol. The van der Waals surface area contributed by atoms with Gasteiger partial charge in [0.1, 0.15) is 5.56 Å². The highest BCUT2D eigenvalue weighted by atomic mass is 19.4. The average Bonchev–Trinajstić information content (AvgIpc) is 3.03. The maximum absolute atomic E-state index is 12.9. The Morgan fingerprint density at radius 1 is 1.15 bits per heavy atom. The number of rotatable bonds is 6. The molecule has 146 valence electrons. The molecule has 0 spiro atoms. The zero-order chi connectivity index (χ0) is 20.2. The lowest BCUT2D eigenvalue weighted by Crippen LogP contribution is -2.13. The summed E-state index contributed by atoms with van der Waals surface area (Å²) in [5.74, 6) is -0.286. The lowest BCUT2D eigenvalue weighted by molar-refractivity contribution is -0.142. The third kappa shape index (κ3) is 4.49. The number of aromatic nitrogens is 2. The Balaban J connectivity index is 2.22. The van der Waals surface area contributed by atoms with E-state index in [2.05, 4.69) is 15.1 Å². The lowest BCUT2D eigenvalue weighted by atomic mass is 10.2. The Morgan fingerprint density at radius 3 is 2.22 bits per heavy atom. The molecule has 0 unspecified atom stereocenters. The second-order valence-corrected chi connectivity index (χ2v) is 5.13. The quantitative estimate of drug-likeness (QED) is 0.431. The molecule has 0 bridgehead atoms. The van der Waals surface area contributed by atoms with Crippen LogP contribution in [0.15, 0.2) is 23.5 Å². The first-order chi connectivity index (χ1) is 12.7. The van der Waals surface area contributed by atoms with E-state index in [-0.39, 0.29) is 0 Å². The minimum Gasteiger partial charge on any atom is -0.493 e. The number of hydrogen-bond acceptors (Lipinski definition) is 7. The minimum atomic E-state index is -4.80. The number of oxime groups is 1. The van der Waals surface area contributed by atoms with E-state index in [4.69, 9.17) is 14.2 Å². The highest BCUT2D eigenvalue weighted by Crippen LogP contribution is 2.37. The number of alkyl halides is 3. The summed E-state index contributed by atoms with van der Waals surface area (Å²) in [7, 11) is 5.52. The second kappa shape index (κ2) is 7.98. The smallest absolute Gasteiger partial charge is 0.436 e. The van der Waals surface area contributed by atoms with Gasteiger partial charge in [-0.25, -0.2) is 4.79 Å². The van der Waals surface area contributed by atoms with Crippen molar-refractivity contribution in [2.45, 2.75) is 6.18 Å². The normalized spacial score (nSPS) is 11.5. The Labute approximate surface area is 152 Å². The van der Waals surface area contributed by atoms with Gasteiger partial charge in [0, 0.05) is 18.8 Å². The fourth-order valence-electron chi connectivity index (χ4n) is 2.21. The summed E-state index contributed by atoms with van der Waals surface area (Å²) in [5, 5.41) is 6.65. The van der Waals surface area contributed by atoms with Gasteiger partial charge in [-0.3, -0.25) is 4.68 Å². The molecular formula is C16H16F3N3O5.